The summed E-state index contributed by atoms with van der Waals surface area (Å²) in [5.41, 5.74) is 6.11. The molecule has 0 saturated heterocycles. The number of nitrogens with two attached hydrogens (primary N) is 1. The molecule has 1 aromatic heterocycles. The molecule has 96 valence electrons. The number of benzene rings is 1. The molecule has 0 radical (unpaired) electrons. The molecule has 0 aliphatic carbocycles. The molecule has 1 amide bonds. The van der Waals surface area contributed by atoms with Crippen molar-refractivity contribution in [1.82, 2.24) is 0 Å². The summed E-state index contributed by atoms with van der Waals surface area (Å²) in [4.78, 5) is 23.4. The quantitative estimate of drug-likeness (QED) is 0.840. The second kappa shape index (κ2) is 5.49. The molecule has 19 heavy (non-hydrogen) atoms. The van der Waals surface area contributed by atoms with Crippen molar-refractivity contribution in [1.29, 1.82) is 0 Å². The highest BCUT2D eigenvalue weighted by Gasteiger charge is 2.06. The van der Waals surface area contributed by atoms with Gasteiger partial charge in [0.15, 0.2) is 0 Å². The van der Waals surface area contributed by atoms with Gasteiger partial charge in [0.2, 0.25) is 5.91 Å². The smallest absolute Gasteiger partial charge is 0.335 e. The summed E-state index contributed by atoms with van der Waals surface area (Å²) >= 11 is 1.46. The lowest BCUT2D eigenvalue weighted by Crippen LogP contribution is -2.04. The number of primary amides is 1. The van der Waals surface area contributed by atoms with E-state index in [2.05, 4.69) is 0 Å². The van der Waals surface area contributed by atoms with E-state index in [0.29, 0.717) is 0 Å². The summed E-state index contributed by atoms with van der Waals surface area (Å²) < 4.78 is 0. The Morgan fingerprint density at radius 3 is 2.68 bits per heavy atom. The molecule has 3 N–H and O–H groups in total. The molecule has 2 aromatic rings. The molecule has 0 atom stereocenters. The fraction of sp³-hybridized carbons (Fsp3) is 0. The average Bonchev–Trinajstić information content (AvgIpc) is 2.85. The number of aromatic carboxylic acids is 1. The molecule has 0 unspecified atom stereocenters. The van der Waals surface area contributed by atoms with Crippen LogP contribution in [0.3, 0.4) is 0 Å². The van der Waals surface area contributed by atoms with E-state index in [9.17, 15) is 9.59 Å². The van der Waals surface area contributed by atoms with Gasteiger partial charge in [-0.1, -0.05) is 12.1 Å². The molecule has 0 aliphatic rings. The van der Waals surface area contributed by atoms with Gasteiger partial charge < -0.3 is 10.8 Å². The van der Waals surface area contributed by atoms with Crippen LogP contribution in [0.1, 0.15) is 15.2 Å². The van der Waals surface area contributed by atoms with Crippen LogP contribution in [-0.4, -0.2) is 17.0 Å². The fourth-order valence-electron chi connectivity index (χ4n) is 1.57. The summed E-state index contributed by atoms with van der Waals surface area (Å²) in [5, 5.41) is 8.95. The number of carbonyl (C=O) groups is 2. The number of hydrogen-bond acceptors (Lipinski definition) is 3. The number of amides is 1. The Kier molecular flexibility index (Phi) is 3.77. The number of carboxylic acid groups (broad SMARTS) is 1. The number of carboxylic acids is 1. The zero-order valence-corrected chi connectivity index (χ0v) is 10.7. The highest BCUT2D eigenvalue weighted by Crippen LogP contribution is 2.29. The van der Waals surface area contributed by atoms with E-state index in [-0.39, 0.29) is 5.56 Å². The van der Waals surface area contributed by atoms with Gasteiger partial charge in [-0.05, 0) is 35.9 Å². The van der Waals surface area contributed by atoms with Crippen molar-refractivity contribution in [2.75, 3.05) is 0 Å². The summed E-state index contributed by atoms with van der Waals surface area (Å²) in [6.45, 7) is 0. The maximum atomic E-state index is 10.9. The number of hydrogen-bond donors (Lipinski definition) is 2. The van der Waals surface area contributed by atoms with E-state index in [4.69, 9.17) is 10.8 Å². The normalized spacial score (nSPS) is 10.7. The van der Waals surface area contributed by atoms with Gasteiger partial charge in [0.05, 0.1) is 5.56 Å². The average molecular weight is 273 g/mol. The third-order valence-corrected chi connectivity index (χ3v) is 3.53. The van der Waals surface area contributed by atoms with Crippen molar-refractivity contribution < 1.29 is 14.7 Å². The van der Waals surface area contributed by atoms with E-state index in [0.717, 1.165) is 15.3 Å². The minimum atomic E-state index is -0.952. The topological polar surface area (TPSA) is 80.4 Å². The van der Waals surface area contributed by atoms with E-state index in [1.807, 2.05) is 18.2 Å². The van der Waals surface area contributed by atoms with Crippen LogP contribution in [0.4, 0.5) is 0 Å². The molecular formula is C14H11NO3S. The van der Waals surface area contributed by atoms with Crippen LogP contribution in [-0.2, 0) is 4.79 Å². The van der Waals surface area contributed by atoms with Crippen LogP contribution < -0.4 is 5.73 Å². The monoisotopic (exact) mass is 273 g/mol. The lowest BCUT2D eigenvalue weighted by Gasteiger charge is -1.99. The van der Waals surface area contributed by atoms with Crippen LogP contribution in [0, 0.1) is 0 Å². The second-order valence-corrected chi connectivity index (χ2v) is 4.94. The van der Waals surface area contributed by atoms with Crippen LogP contribution in [0.2, 0.25) is 0 Å². The highest BCUT2D eigenvalue weighted by atomic mass is 32.1. The second-order valence-electron chi connectivity index (χ2n) is 3.82. The molecule has 0 aliphatic heterocycles. The van der Waals surface area contributed by atoms with Gasteiger partial charge in [-0.2, -0.15) is 0 Å². The maximum absolute atomic E-state index is 10.9. The standard InChI is InChI=1S/C14H11NO3S/c15-13(16)7-5-11-4-6-12(19-11)9-2-1-3-10(8-9)14(17)18/h1-8H,(H2,15,16)(H,17,18)/b7-5-. The molecule has 1 aromatic carbocycles. The van der Waals surface area contributed by atoms with Gasteiger partial charge >= 0.3 is 5.97 Å². The van der Waals surface area contributed by atoms with E-state index in [1.54, 1.807) is 24.3 Å². The highest BCUT2D eigenvalue weighted by molar-refractivity contribution is 7.16. The minimum Gasteiger partial charge on any atom is -0.478 e. The molecule has 0 fully saturated rings. The Morgan fingerprint density at radius 1 is 1.21 bits per heavy atom. The van der Waals surface area contributed by atoms with Crippen LogP contribution in [0.5, 0.6) is 0 Å². The van der Waals surface area contributed by atoms with Crippen molar-refractivity contribution in [3.8, 4) is 10.4 Å². The Labute approximate surface area is 113 Å². The van der Waals surface area contributed by atoms with Crippen LogP contribution >= 0.6 is 11.3 Å². The number of thiophene rings is 1. The van der Waals surface area contributed by atoms with E-state index < -0.39 is 11.9 Å². The van der Waals surface area contributed by atoms with Crippen molar-refractivity contribution in [2.24, 2.45) is 5.73 Å². The molecular weight excluding hydrogens is 262 g/mol. The Hall–Kier alpha value is -2.40. The first kappa shape index (κ1) is 13.0. The summed E-state index contributed by atoms with van der Waals surface area (Å²) in [6.07, 6.45) is 2.93. The van der Waals surface area contributed by atoms with Crippen LogP contribution in [0.25, 0.3) is 16.5 Å². The van der Waals surface area contributed by atoms with Crippen LogP contribution in [0.15, 0.2) is 42.5 Å². The van der Waals surface area contributed by atoms with Gasteiger partial charge in [-0.3, -0.25) is 4.79 Å². The van der Waals surface area contributed by atoms with Gasteiger partial charge in [0.1, 0.15) is 0 Å². The van der Waals surface area contributed by atoms with E-state index in [1.165, 1.54) is 17.4 Å². The lowest BCUT2D eigenvalue weighted by molar-refractivity contribution is -0.113. The first-order valence-electron chi connectivity index (χ1n) is 5.47. The fourth-order valence-corrected chi connectivity index (χ4v) is 2.47. The van der Waals surface area contributed by atoms with Crippen molar-refractivity contribution in [3.05, 3.63) is 52.9 Å². The third-order valence-electron chi connectivity index (χ3n) is 2.43. The Morgan fingerprint density at radius 2 is 2.00 bits per heavy atom. The summed E-state index contributed by atoms with van der Waals surface area (Å²) in [5.74, 6) is -1.45. The molecule has 0 spiro atoms. The largest absolute Gasteiger partial charge is 0.478 e. The summed E-state index contributed by atoms with van der Waals surface area (Å²) in [6, 6.07) is 10.5. The van der Waals surface area contributed by atoms with Gasteiger partial charge in [0, 0.05) is 15.8 Å². The molecule has 0 bridgehead atoms. The van der Waals surface area contributed by atoms with Gasteiger partial charge in [0.25, 0.3) is 0 Å². The van der Waals surface area contributed by atoms with Crippen molar-refractivity contribution in [3.63, 3.8) is 0 Å². The SMILES string of the molecule is NC(=O)/C=C\c1ccc(-c2cccc(C(=O)O)c2)s1. The molecule has 5 heteroatoms. The van der Waals surface area contributed by atoms with Gasteiger partial charge in [-0.15, -0.1) is 11.3 Å². The first-order valence-corrected chi connectivity index (χ1v) is 6.29. The van der Waals surface area contributed by atoms with E-state index >= 15 is 0 Å². The summed E-state index contributed by atoms with van der Waals surface area (Å²) in [7, 11) is 0. The number of carbonyl (C=O) groups excluding carboxylic acids is 1. The predicted molar refractivity (Wildman–Crippen MR) is 74.9 cm³/mol. The van der Waals surface area contributed by atoms with Gasteiger partial charge in [-0.25, -0.2) is 4.79 Å². The lowest BCUT2D eigenvalue weighted by atomic mass is 10.1. The molecule has 1 heterocycles. The number of rotatable bonds is 4. The zero-order valence-electron chi connectivity index (χ0n) is 9.87. The zero-order chi connectivity index (χ0) is 13.8. The van der Waals surface area contributed by atoms with Crippen molar-refractivity contribution >= 4 is 29.3 Å². The van der Waals surface area contributed by atoms with Crippen molar-refractivity contribution in [2.45, 2.75) is 0 Å². The Bertz CT molecular complexity index is 658. The predicted octanol–water partition coefficient (Wildman–Crippen LogP) is 2.61. The minimum absolute atomic E-state index is 0.250. The Balaban J connectivity index is 2.30. The molecule has 4 nitrogen and oxygen atoms in total. The molecule has 0 saturated carbocycles. The molecule has 2 rings (SSSR count). The third kappa shape index (κ3) is 3.29. The first-order chi connectivity index (χ1) is 9.06. The maximum Gasteiger partial charge on any atom is 0.335 e.